The number of hydrogen-bond donors (Lipinski definition) is 0. The summed E-state index contributed by atoms with van der Waals surface area (Å²) in [4.78, 5) is 10.9. The maximum absolute atomic E-state index is 10.9. The van der Waals surface area contributed by atoms with E-state index >= 15 is 0 Å². The molecule has 0 aliphatic rings. The highest BCUT2D eigenvalue weighted by atomic mass is 16.5. The number of ether oxygens (including phenoxy) is 1. The normalized spacial score (nSPS) is 9.38. The summed E-state index contributed by atoms with van der Waals surface area (Å²) in [5.74, 6) is -0.201. The van der Waals surface area contributed by atoms with Crippen LogP contribution in [0.3, 0.4) is 0 Å². The molecule has 0 aliphatic heterocycles. The summed E-state index contributed by atoms with van der Waals surface area (Å²) in [7, 11) is 3.40. The Morgan fingerprint density at radius 1 is 1.54 bits per heavy atom. The van der Waals surface area contributed by atoms with Crippen molar-refractivity contribution in [3.05, 3.63) is 29.8 Å². The Morgan fingerprint density at radius 2 is 2.31 bits per heavy atom. The van der Waals surface area contributed by atoms with Crippen LogP contribution in [0.15, 0.2) is 24.3 Å². The minimum absolute atomic E-state index is 0.201. The highest BCUT2D eigenvalue weighted by molar-refractivity contribution is 6.51. The van der Waals surface area contributed by atoms with Crippen LogP contribution in [-0.4, -0.2) is 20.4 Å². The predicted molar refractivity (Wildman–Crippen MR) is 53.4 cm³/mol. The molecule has 1 aromatic rings. The van der Waals surface area contributed by atoms with Crippen molar-refractivity contribution in [3.63, 3.8) is 0 Å². The topological polar surface area (TPSA) is 26.3 Å². The van der Waals surface area contributed by atoms with Crippen LogP contribution in [0.5, 0.6) is 0 Å². The van der Waals surface area contributed by atoms with Gasteiger partial charge in [-0.25, -0.2) is 0 Å². The summed E-state index contributed by atoms with van der Waals surface area (Å²) in [6, 6.07) is 7.84. The molecule has 1 radical (unpaired) electrons. The van der Waals surface area contributed by atoms with E-state index in [4.69, 9.17) is 0 Å². The number of hydrogen-bond acceptors (Lipinski definition) is 2. The number of methoxy groups -OCH3 is 1. The molecule has 3 heteroatoms. The first-order valence-corrected chi connectivity index (χ1v) is 4.21. The lowest BCUT2D eigenvalue weighted by molar-refractivity contribution is -0.139. The molecule has 67 valence electrons. The molecule has 0 atom stereocenters. The van der Waals surface area contributed by atoms with Crippen molar-refractivity contribution in [2.24, 2.45) is 0 Å². The highest BCUT2D eigenvalue weighted by Gasteiger charge is 2.02. The first kappa shape index (κ1) is 9.84. The molecular formula is C10H12BO2. The minimum Gasteiger partial charge on any atom is -0.469 e. The average Bonchev–Trinajstić information content (AvgIpc) is 2.18. The Hall–Kier alpha value is -1.25. The molecular weight excluding hydrogens is 163 g/mol. The van der Waals surface area contributed by atoms with E-state index in [1.807, 2.05) is 38.4 Å². The van der Waals surface area contributed by atoms with Crippen molar-refractivity contribution in [1.82, 2.24) is 0 Å². The molecule has 0 aliphatic carbocycles. The van der Waals surface area contributed by atoms with Crippen LogP contribution in [0, 0.1) is 0 Å². The molecule has 0 unspecified atom stereocenters. The number of rotatable bonds is 3. The molecule has 1 rings (SSSR count). The van der Waals surface area contributed by atoms with Crippen LogP contribution < -0.4 is 5.46 Å². The SMILES string of the molecule is C[B]c1cccc(CC(=O)OC)c1. The van der Waals surface area contributed by atoms with Crippen LogP contribution in [0.4, 0.5) is 0 Å². The second-order valence-electron chi connectivity index (χ2n) is 2.79. The van der Waals surface area contributed by atoms with Crippen molar-refractivity contribution in [2.45, 2.75) is 13.2 Å². The largest absolute Gasteiger partial charge is 0.469 e. The van der Waals surface area contributed by atoms with E-state index in [0.29, 0.717) is 6.42 Å². The minimum atomic E-state index is -0.201. The number of esters is 1. The van der Waals surface area contributed by atoms with Crippen LogP contribution >= 0.6 is 0 Å². The summed E-state index contributed by atoms with van der Waals surface area (Å²) >= 11 is 0. The molecule has 2 nitrogen and oxygen atoms in total. The van der Waals surface area contributed by atoms with E-state index in [-0.39, 0.29) is 5.97 Å². The fourth-order valence-electron chi connectivity index (χ4n) is 1.12. The van der Waals surface area contributed by atoms with Gasteiger partial charge < -0.3 is 4.74 Å². The summed E-state index contributed by atoms with van der Waals surface area (Å²) in [5.41, 5.74) is 2.11. The van der Waals surface area contributed by atoms with E-state index in [2.05, 4.69) is 4.74 Å². The molecule has 1 aromatic carbocycles. The smallest absolute Gasteiger partial charge is 0.309 e. The third-order valence-electron chi connectivity index (χ3n) is 1.86. The van der Waals surface area contributed by atoms with Crippen molar-refractivity contribution >= 4 is 18.7 Å². The lowest BCUT2D eigenvalue weighted by atomic mass is 9.73. The third kappa shape index (κ3) is 2.94. The number of carbonyl (C=O) groups is 1. The maximum atomic E-state index is 10.9. The van der Waals surface area contributed by atoms with Gasteiger partial charge in [0.1, 0.15) is 7.28 Å². The monoisotopic (exact) mass is 175 g/mol. The van der Waals surface area contributed by atoms with E-state index in [1.165, 1.54) is 7.11 Å². The summed E-state index contributed by atoms with van der Waals surface area (Å²) in [6.07, 6.45) is 0.345. The van der Waals surface area contributed by atoms with E-state index in [9.17, 15) is 4.79 Å². The van der Waals surface area contributed by atoms with Gasteiger partial charge in [0.05, 0.1) is 13.5 Å². The highest BCUT2D eigenvalue weighted by Crippen LogP contribution is 1.98. The zero-order valence-corrected chi connectivity index (χ0v) is 7.91. The lowest BCUT2D eigenvalue weighted by Crippen LogP contribution is -2.12. The Labute approximate surface area is 79.2 Å². The molecule has 0 aromatic heterocycles. The predicted octanol–water partition coefficient (Wildman–Crippen LogP) is 0.780. The van der Waals surface area contributed by atoms with Crippen LogP contribution in [0.1, 0.15) is 5.56 Å². The zero-order chi connectivity index (χ0) is 9.68. The Bertz CT molecular complexity index is 297. The van der Waals surface area contributed by atoms with Crippen molar-refractivity contribution in [3.8, 4) is 0 Å². The Kier molecular flexibility index (Phi) is 3.56. The van der Waals surface area contributed by atoms with Crippen LogP contribution in [0.2, 0.25) is 6.82 Å². The lowest BCUT2D eigenvalue weighted by Gasteiger charge is -2.01. The number of carbonyl (C=O) groups excluding carboxylic acids is 1. The van der Waals surface area contributed by atoms with Gasteiger partial charge in [0.15, 0.2) is 0 Å². The van der Waals surface area contributed by atoms with Crippen molar-refractivity contribution < 1.29 is 9.53 Å². The second kappa shape index (κ2) is 4.70. The van der Waals surface area contributed by atoms with E-state index in [1.54, 1.807) is 0 Å². The van der Waals surface area contributed by atoms with Gasteiger partial charge in [-0.2, -0.15) is 0 Å². The fourth-order valence-corrected chi connectivity index (χ4v) is 1.12. The zero-order valence-electron chi connectivity index (χ0n) is 7.91. The Morgan fingerprint density at radius 3 is 2.92 bits per heavy atom. The standard InChI is InChI=1S/C10H12BO2/c1-11-9-5-3-4-8(6-9)7-10(12)13-2/h3-6H,7H2,1-2H3. The molecule has 13 heavy (non-hydrogen) atoms. The molecule has 0 fully saturated rings. The van der Waals surface area contributed by atoms with Crippen LogP contribution in [0.25, 0.3) is 0 Å². The summed E-state index contributed by atoms with van der Waals surface area (Å²) in [6.45, 7) is 1.97. The van der Waals surface area contributed by atoms with Crippen molar-refractivity contribution in [2.75, 3.05) is 7.11 Å². The molecule has 0 saturated carbocycles. The van der Waals surface area contributed by atoms with Gasteiger partial charge in [0.25, 0.3) is 0 Å². The van der Waals surface area contributed by atoms with Gasteiger partial charge in [-0.15, -0.1) is 0 Å². The summed E-state index contributed by atoms with van der Waals surface area (Å²) < 4.78 is 4.58. The maximum Gasteiger partial charge on any atom is 0.309 e. The van der Waals surface area contributed by atoms with Gasteiger partial charge in [0.2, 0.25) is 0 Å². The van der Waals surface area contributed by atoms with Gasteiger partial charge in [-0.1, -0.05) is 36.6 Å². The summed E-state index contributed by atoms with van der Waals surface area (Å²) in [5, 5.41) is 0. The van der Waals surface area contributed by atoms with Gasteiger partial charge >= 0.3 is 5.97 Å². The quantitative estimate of drug-likeness (QED) is 0.501. The third-order valence-corrected chi connectivity index (χ3v) is 1.86. The van der Waals surface area contributed by atoms with Crippen molar-refractivity contribution in [1.29, 1.82) is 0 Å². The van der Waals surface area contributed by atoms with Gasteiger partial charge in [-0.3, -0.25) is 4.79 Å². The first-order valence-electron chi connectivity index (χ1n) is 4.21. The molecule has 0 spiro atoms. The fraction of sp³-hybridized carbons (Fsp3) is 0.300. The molecule has 0 amide bonds. The molecule has 0 saturated heterocycles. The number of benzene rings is 1. The first-order chi connectivity index (χ1) is 6.26. The Balaban J connectivity index is 2.71. The van der Waals surface area contributed by atoms with E-state index < -0.39 is 0 Å². The van der Waals surface area contributed by atoms with Gasteiger partial charge in [-0.05, 0) is 5.56 Å². The molecule has 0 N–H and O–H groups in total. The van der Waals surface area contributed by atoms with Gasteiger partial charge in [0, 0.05) is 0 Å². The molecule has 0 heterocycles. The van der Waals surface area contributed by atoms with Crippen LogP contribution in [-0.2, 0) is 16.0 Å². The second-order valence-corrected chi connectivity index (χ2v) is 2.79. The molecule has 0 bridgehead atoms. The average molecular weight is 175 g/mol. The van der Waals surface area contributed by atoms with E-state index in [0.717, 1.165) is 11.0 Å².